The van der Waals surface area contributed by atoms with Gasteiger partial charge in [0.1, 0.15) is 0 Å². The summed E-state index contributed by atoms with van der Waals surface area (Å²) in [4.78, 5) is 22.8. The average molecular weight is 261 g/mol. The Labute approximate surface area is 112 Å². The van der Waals surface area contributed by atoms with E-state index in [-0.39, 0.29) is 17.2 Å². The fourth-order valence-electron chi connectivity index (χ4n) is 2.23. The highest BCUT2D eigenvalue weighted by Gasteiger charge is 2.48. The number of nitrogens with one attached hydrogen (secondary N) is 1. The molecule has 0 aromatic heterocycles. The highest BCUT2D eigenvalue weighted by atomic mass is 16.4. The van der Waals surface area contributed by atoms with Crippen LogP contribution >= 0.6 is 0 Å². The van der Waals surface area contributed by atoms with Crippen molar-refractivity contribution in [1.82, 2.24) is 0 Å². The molecule has 1 fully saturated rings. The summed E-state index contributed by atoms with van der Waals surface area (Å²) in [5.74, 6) is -1.97. The van der Waals surface area contributed by atoms with Crippen LogP contribution in [0, 0.1) is 11.8 Å². The summed E-state index contributed by atoms with van der Waals surface area (Å²) >= 11 is 0. The topological polar surface area (TPSA) is 66.4 Å². The Morgan fingerprint density at radius 3 is 2.37 bits per heavy atom. The first kappa shape index (κ1) is 13.6. The zero-order valence-corrected chi connectivity index (χ0v) is 11.4. The predicted molar refractivity (Wildman–Crippen MR) is 73.0 cm³/mol. The second kappa shape index (κ2) is 4.68. The largest absolute Gasteiger partial charge is 0.481 e. The van der Waals surface area contributed by atoms with Gasteiger partial charge < -0.3 is 10.4 Å². The fraction of sp³-hybridized carbons (Fsp3) is 0.467. The zero-order chi connectivity index (χ0) is 14.2. The minimum atomic E-state index is -0.885. The second-order valence-electron chi connectivity index (χ2n) is 6.07. The van der Waals surface area contributed by atoms with Gasteiger partial charge in [-0.05, 0) is 23.5 Å². The number of para-hydroxylation sites is 1. The molecule has 2 unspecified atom stereocenters. The number of hydrogen-bond acceptors (Lipinski definition) is 2. The van der Waals surface area contributed by atoms with Crippen LogP contribution in [0.5, 0.6) is 0 Å². The molecule has 1 saturated carbocycles. The third-order valence-electron chi connectivity index (χ3n) is 3.44. The molecule has 1 amide bonds. The van der Waals surface area contributed by atoms with Gasteiger partial charge in [-0.1, -0.05) is 39.0 Å². The van der Waals surface area contributed by atoms with E-state index >= 15 is 0 Å². The molecular formula is C15H19NO3. The van der Waals surface area contributed by atoms with Gasteiger partial charge in [-0.25, -0.2) is 0 Å². The van der Waals surface area contributed by atoms with E-state index in [0.29, 0.717) is 6.42 Å². The minimum absolute atomic E-state index is 0.0698. The monoisotopic (exact) mass is 261 g/mol. The van der Waals surface area contributed by atoms with Gasteiger partial charge >= 0.3 is 5.97 Å². The molecule has 0 aliphatic heterocycles. The van der Waals surface area contributed by atoms with E-state index in [9.17, 15) is 9.59 Å². The average Bonchev–Trinajstić information content (AvgIpc) is 3.08. The Hall–Kier alpha value is -1.84. The molecule has 1 aromatic carbocycles. The predicted octanol–water partition coefficient (Wildman–Crippen LogP) is 2.64. The van der Waals surface area contributed by atoms with Crippen LogP contribution in [0.25, 0.3) is 0 Å². The first-order chi connectivity index (χ1) is 8.80. The molecule has 2 rings (SSSR count). The summed E-state index contributed by atoms with van der Waals surface area (Å²) in [7, 11) is 0. The van der Waals surface area contributed by atoms with Crippen LogP contribution < -0.4 is 5.32 Å². The number of amides is 1. The number of hydrogen-bond donors (Lipinski definition) is 2. The Morgan fingerprint density at radius 2 is 1.84 bits per heavy atom. The van der Waals surface area contributed by atoms with Crippen molar-refractivity contribution in [1.29, 1.82) is 0 Å². The molecule has 19 heavy (non-hydrogen) atoms. The van der Waals surface area contributed by atoms with Crippen LogP contribution in [0.2, 0.25) is 0 Å². The van der Waals surface area contributed by atoms with Crippen LogP contribution in [-0.2, 0) is 15.0 Å². The van der Waals surface area contributed by atoms with Gasteiger partial charge in [-0.2, -0.15) is 0 Å². The number of anilines is 1. The Morgan fingerprint density at radius 1 is 1.21 bits per heavy atom. The number of aliphatic carboxylic acids is 1. The number of rotatable bonds is 3. The van der Waals surface area contributed by atoms with E-state index in [2.05, 4.69) is 26.1 Å². The van der Waals surface area contributed by atoms with Crippen LogP contribution in [0.15, 0.2) is 24.3 Å². The summed E-state index contributed by atoms with van der Waals surface area (Å²) in [6.45, 7) is 6.24. The summed E-state index contributed by atoms with van der Waals surface area (Å²) in [6, 6.07) is 7.65. The quantitative estimate of drug-likeness (QED) is 0.879. The maximum atomic E-state index is 12.0. The molecule has 2 N–H and O–H groups in total. The first-order valence-electron chi connectivity index (χ1n) is 6.44. The molecule has 2 atom stereocenters. The normalized spacial score (nSPS) is 21.8. The number of carboxylic acids is 1. The molecule has 0 radical (unpaired) electrons. The van der Waals surface area contributed by atoms with Crippen LogP contribution in [0.4, 0.5) is 5.69 Å². The fourth-order valence-corrected chi connectivity index (χ4v) is 2.23. The molecule has 1 aliphatic carbocycles. The van der Waals surface area contributed by atoms with Crippen molar-refractivity contribution < 1.29 is 14.7 Å². The number of carboxylic acid groups (broad SMARTS) is 1. The minimum Gasteiger partial charge on any atom is -0.481 e. The Balaban J connectivity index is 2.12. The standard InChI is InChI=1S/C15H19NO3/c1-15(2,3)11-6-4-5-7-12(11)16-13(17)9-8-10(9)14(18)19/h4-7,9-10H,8H2,1-3H3,(H,16,17)(H,18,19). The maximum Gasteiger partial charge on any atom is 0.307 e. The molecule has 4 heteroatoms. The van der Waals surface area contributed by atoms with Crippen molar-refractivity contribution in [3.05, 3.63) is 29.8 Å². The van der Waals surface area contributed by atoms with E-state index < -0.39 is 11.9 Å². The number of carbonyl (C=O) groups is 2. The van der Waals surface area contributed by atoms with Gasteiger partial charge in [-0.15, -0.1) is 0 Å². The van der Waals surface area contributed by atoms with Crippen LogP contribution in [0.1, 0.15) is 32.8 Å². The zero-order valence-electron chi connectivity index (χ0n) is 11.4. The van der Waals surface area contributed by atoms with Gasteiger partial charge in [0.15, 0.2) is 0 Å². The molecular weight excluding hydrogens is 242 g/mol. The summed E-state index contributed by atoms with van der Waals surface area (Å²) in [5.41, 5.74) is 1.76. The molecule has 0 heterocycles. The van der Waals surface area contributed by atoms with E-state index in [1.54, 1.807) is 0 Å². The summed E-state index contributed by atoms with van der Waals surface area (Å²) < 4.78 is 0. The summed E-state index contributed by atoms with van der Waals surface area (Å²) in [6.07, 6.45) is 0.443. The van der Waals surface area contributed by atoms with Gasteiger partial charge in [-0.3, -0.25) is 9.59 Å². The van der Waals surface area contributed by atoms with E-state index in [4.69, 9.17) is 5.11 Å². The highest BCUT2D eigenvalue weighted by molar-refractivity contribution is 5.98. The lowest BCUT2D eigenvalue weighted by molar-refractivity contribution is -0.139. The smallest absolute Gasteiger partial charge is 0.307 e. The lowest BCUT2D eigenvalue weighted by Gasteiger charge is -2.23. The molecule has 1 aliphatic rings. The number of benzene rings is 1. The van der Waals surface area contributed by atoms with Gasteiger partial charge in [0, 0.05) is 5.69 Å². The molecule has 4 nitrogen and oxygen atoms in total. The van der Waals surface area contributed by atoms with Crippen molar-refractivity contribution in [3.63, 3.8) is 0 Å². The van der Waals surface area contributed by atoms with Gasteiger partial charge in [0.25, 0.3) is 0 Å². The van der Waals surface area contributed by atoms with Crippen molar-refractivity contribution in [2.75, 3.05) is 5.32 Å². The Kier molecular flexibility index (Phi) is 3.35. The lowest BCUT2D eigenvalue weighted by Crippen LogP contribution is -2.21. The third kappa shape index (κ3) is 2.95. The first-order valence-corrected chi connectivity index (χ1v) is 6.44. The van der Waals surface area contributed by atoms with Crippen molar-refractivity contribution in [2.45, 2.75) is 32.6 Å². The number of carbonyl (C=O) groups excluding carboxylic acids is 1. The van der Waals surface area contributed by atoms with E-state index in [1.807, 2.05) is 24.3 Å². The van der Waals surface area contributed by atoms with Gasteiger partial charge in [0.05, 0.1) is 11.8 Å². The molecule has 102 valence electrons. The summed E-state index contributed by atoms with van der Waals surface area (Å²) in [5, 5.41) is 11.7. The van der Waals surface area contributed by atoms with Crippen LogP contribution in [-0.4, -0.2) is 17.0 Å². The van der Waals surface area contributed by atoms with E-state index in [0.717, 1.165) is 11.3 Å². The highest BCUT2D eigenvalue weighted by Crippen LogP contribution is 2.40. The van der Waals surface area contributed by atoms with Crippen molar-refractivity contribution in [3.8, 4) is 0 Å². The third-order valence-corrected chi connectivity index (χ3v) is 3.44. The maximum absolute atomic E-state index is 12.0. The Bertz CT molecular complexity index is 516. The van der Waals surface area contributed by atoms with Crippen molar-refractivity contribution in [2.24, 2.45) is 11.8 Å². The molecule has 0 saturated heterocycles. The molecule has 1 aromatic rings. The van der Waals surface area contributed by atoms with Crippen molar-refractivity contribution >= 4 is 17.6 Å². The SMILES string of the molecule is CC(C)(C)c1ccccc1NC(=O)C1CC1C(=O)O. The molecule has 0 bridgehead atoms. The molecule has 0 spiro atoms. The van der Waals surface area contributed by atoms with Gasteiger partial charge in [0.2, 0.25) is 5.91 Å². The van der Waals surface area contributed by atoms with Crippen LogP contribution in [0.3, 0.4) is 0 Å². The lowest BCUT2D eigenvalue weighted by atomic mass is 9.86. The van der Waals surface area contributed by atoms with E-state index in [1.165, 1.54) is 0 Å². The second-order valence-corrected chi connectivity index (χ2v) is 6.07.